The molecule has 0 bridgehead atoms. The fraction of sp³-hybridized carbons (Fsp3) is 0.438. The zero-order chi connectivity index (χ0) is 17.5. The minimum absolute atomic E-state index is 0.161. The van der Waals surface area contributed by atoms with Crippen molar-refractivity contribution >= 4 is 22.9 Å². The molecule has 1 aliphatic heterocycles. The van der Waals surface area contributed by atoms with Crippen LogP contribution in [0.2, 0.25) is 0 Å². The Balaban J connectivity index is 1.90. The molecule has 24 heavy (non-hydrogen) atoms. The van der Waals surface area contributed by atoms with Crippen LogP contribution in [0.1, 0.15) is 17.3 Å². The molecule has 1 aliphatic rings. The Hall–Kier alpha value is -2.61. The van der Waals surface area contributed by atoms with Crippen LogP contribution in [0.25, 0.3) is 11.1 Å². The second kappa shape index (κ2) is 5.79. The van der Waals surface area contributed by atoms with Crippen molar-refractivity contribution in [2.45, 2.75) is 12.5 Å². The number of rotatable bonds is 2. The molecule has 8 nitrogen and oxygen atoms in total. The van der Waals surface area contributed by atoms with E-state index in [0.717, 1.165) is 0 Å². The lowest BCUT2D eigenvalue weighted by atomic mass is 10.0. The number of benzene rings is 1. The smallest absolute Gasteiger partial charge is 0.408 e. The van der Waals surface area contributed by atoms with Gasteiger partial charge in [-0.15, -0.1) is 0 Å². The van der Waals surface area contributed by atoms with E-state index < -0.39 is 11.4 Å². The fourth-order valence-electron chi connectivity index (χ4n) is 2.89. The van der Waals surface area contributed by atoms with Gasteiger partial charge < -0.3 is 19.4 Å². The lowest BCUT2D eigenvalue weighted by molar-refractivity contribution is -0.153. The van der Waals surface area contributed by atoms with Crippen LogP contribution in [0.4, 0.5) is 0 Å². The number of morpholine rings is 1. The molecule has 8 heteroatoms. The molecule has 1 saturated heterocycles. The van der Waals surface area contributed by atoms with Gasteiger partial charge in [0.2, 0.25) is 0 Å². The molecule has 2 heterocycles. The van der Waals surface area contributed by atoms with E-state index in [0.29, 0.717) is 23.2 Å². The van der Waals surface area contributed by atoms with Crippen LogP contribution in [0, 0.1) is 0 Å². The van der Waals surface area contributed by atoms with Gasteiger partial charge in [-0.25, -0.2) is 4.79 Å². The third-order valence-corrected chi connectivity index (χ3v) is 4.31. The fourth-order valence-corrected chi connectivity index (χ4v) is 2.89. The lowest BCUT2D eigenvalue weighted by Gasteiger charge is -2.39. The van der Waals surface area contributed by atoms with Crippen molar-refractivity contribution in [3.8, 4) is 0 Å². The van der Waals surface area contributed by atoms with Gasteiger partial charge in [0.05, 0.1) is 18.7 Å². The molecule has 1 fully saturated rings. The van der Waals surface area contributed by atoms with Gasteiger partial charge in [-0.1, -0.05) is 0 Å². The second-order valence-electron chi connectivity index (χ2n) is 5.99. The summed E-state index contributed by atoms with van der Waals surface area (Å²) in [5.41, 5.74) is 0.333. The van der Waals surface area contributed by atoms with Gasteiger partial charge in [0.25, 0.3) is 11.8 Å². The number of carbonyl (C=O) groups excluding carboxylic acids is 2. The molecule has 1 unspecified atom stereocenters. The highest BCUT2D eigenvalue weighted by Gasteiger charge is 2.40. The number of ether oxygens (including phenoxy) is 1. The molecule has 0 spiro atoms. The Labute approximate surface area is 138 Å². The van der Waals surface area contributed by atoms with Crippen molar-refractivity contribution in [3.05, 3.63) is 34.3 Å². The van der Waals surface area contributed by atoms with Gasteiger partial charge >= 0.3 is 5.76 Å². The number of nitrogens with zero attached hydrogens (tertiary/aromatic N) is 2. The molecular formula is C16H19N3O5. The average molecular weight is 333 g/mol. The molecular weight excluding hydrogens is 314 g/mol. The summed E-state index contributed by atoms with van der Waals surface area (Å²) < 4.78 is 12.0. The maximum Gasteiger partial charge on any atom is 0.419 e. The third kappa shape index (κ3) is 2.58. The van der Waals surface area contributed by atoms with E-state index in [2.05, 4.69) is 5.32 Å². The SMILES string of the molecule is CNC(=O)C1(C)CN(C(=O)c2ccc3oc(=O)n(C)c3c2)CCO1. The summed E-state index contributed by atoms with van der Waals surface area (Å²) in [5.74, 6) is -0.968. The van der Waals surface area contributed by atoms with Crippen LogP contribution in [0.5, 0.6) is 0 Å². The quantitative estimate of drug-likeness (QED) is 0.842. The van der Waals surface area contributed by atoms with Gasteiger partial charge in [-0.2, -0.15) is 0 Å². The Morgan fingerprint density at radius 1 is 1.33 bits per heavy atom. The molecule has 1 aromatic heterocycles. The van der Waals surface area contributed by atoms with Crippen LogP contribution < -0.4 is 11.1 Å². The van der Waals surface area contributed by atoms with Crippen LogP contribution >= 0.6 is 0 Å². The highest BCUT2D eigenvalue weighted by atomic mass is 16.5. The first-order valence-corrected chi connectivity index (χ1v) is 7.61. The zero-order valence-electron chi connectivity index (χ0n) is 13.8. The Morgan fingerprint density at radius 2 is 2.08 bits per heavy atom. The number of likely N-dealkylation sites (N-methyl/N-ethyl adjacent to an activating group) is 1. The van der Waals surface area contributed by atoms with Crippen molar-refractivity contribution in [1.82, 2.24) is 14.8 Å². The van der Waals surface area contributed by atoms with Crippen molar-refractivity contribution in [1.29, 1.82) is 0 Å². The number of amides is 2. The molecule has 3 rings (SSSR count). The maximum atomic E-state index is 12.8. The maximum absolute atomic E-state index is 12.8. The molecule has 128 valence electrons. The number of aromatic nitrogens is 1. The predicted molar refractivity (Wildman–Crippen MR) is 85.8 cm³/mol. The summed E-state index contributed by atoms with van der Waals surface area (Å²) in [6, 6.07) is 4.83. The van der Waals surface area contributed by atoms with Crippen molar-refractivity contribution in [2.24, 2.45) is 7.05 Å². The number of fused-ring (bicyclic) bond motifs is 1. The lowest BCUT2D eigenvalue weighted by Crippen LogP contribution is -2.58. The summed E-state index contributed by atoms with van der Waals surface area (Å²) >= 11 is 0. The van der Waals surface area contributed by atoms with Crippen molar-refractivity contribution in [3.63, 3.8) is 0 Å². The molecule has 2 amide bonds. The first-order chi connectivity index (χ1) is 11.4. The molecule has 1 N–H and O–H groups in total. The summed E-state index contributed by atoms with van der Waals surface area (Å²) in [6.45, 7) is 2.50. The molecule has 1 atom stereocenters. The summed E-state index contributed by atoms with van der Waals surface area (Å²) in [7, 11) is 3.12. The topological polar surface area (TPSA) is 93.8 Å². The number of aryl methyl sites for hydroxylation is 1. The molecule has 2 aromatic rings. The van der Waals surface area contributed by atoms with E-state index in [9.17, 15) is 14.4 Å². The van der Waals surface area contributed by atoms with Crippen molar-refractivity contribution in [2.75, 3.05) is 26.7 Å². The highest BCUT2D eigenvalue weighted by molar-refractivity contribution is 5.98. The monoisotopic (exact) mass is 333 g/mol. The van der Waals surface area contributed by atoms with Crippen LogP contribution in [-0.4, -0.2) is 53.6 Å². The molecule has 0 radical (unpaired) electrons. The van der Waals surface area contributed by atoms with Gasteiger partial charge in [-0.3, -0.25) is 14.2 Å². The van der Waals surface area contributed by atoms with E-state index in [1.165, 1.54) is 11.6 Å². The van der Waals surface area contributed by atoms with E-state index in [4.69, 9.17) is 9.15 Å². The standard InChI is InChI=1S/C16H19N3O5/c1-16(14(21)17-2)9-19(6-7-23-16)13(20)10-4-5-12-11(8-10)18(3)15(22)24-12/h4-5,8H,6-7,9H2,1-3H3,(H,17,21). The number of oxazole rings is 1. The van der Waals surface area contributed by atoms with Gasteiger partial charge in [-0.05, 0) is 25.1 Å². The zero-order valence-corrected chi connectivity index (χ0v) is 13.8. The number of hydrogen-bond acceptors (Lipinski definition) is 5. The van der Waals surface area contributed by atoms with Gasteiger partial charge in [0.1, 0.15) is 0 Å². The summed E-state index contributed by atoms with van der Waals surface area (Å²) in [5, 5.41) is 2.56. The third-order valence-electron chi connectivity index (χ3n) is 4.31. The summed E-state index contributed by atoms with van der Waals surface area (Å²) in [4.78, 5) is 37.9. The van der Waals surface area contributed by atoms with E-state index >= 15 is 0 Å². The molecule has 1 aromatic carbocycles. The first kappa shape index (κ1) is 16.3. The van der Waals surface area contributed by atoms with E-state index in [-0.39, 0.29) is 25.0 Å². The highest BCUT2D eigenvalue weighted by Crippen LogP contribution is 2.21. The van der Waals surface area contributed by atoms with Crippen LogP contribution in [-0.2, 0) is 16.6 Å². The van der Waals surface area contributed by atoms with Crippen LogP contribution in [0.15, 0.2) is 27.4 Å². The predicted octanol–water partition coefficient (Wildman–Crippen LogP) is 0.109. The Bertz CT molecular complexity index is 868. The van der Waals surface area contributed by atoms with Crippen LogP contribution in [0.3, 0.4) is 0 Å². The van der Waals surface area contributed by atoms with Gasteiger partial charge in [0.15, 0.2) is 11.2 Å². The number of nitrogens with one attached hydrogen (secondary N) is 1. The Kier molecular flexibility index (Phi) is 3.92. The Morgan fingerprint density at radius 3 is 2.79 bits per heavy atom. The largest absolute Gasteiger partial charge is 0.419 e. The van der Waals surface area contributed by atoms with Gasteiger partial charge in [0, 0.05) is 26.2 Å². The minimum atomic E-state index is -1.07. The normalized spacial score (nSPS) is 21.0. The van der Waals surface area contributed by atoms with E-state index in [1.54, 1.807) is 37.1 Å². The second-order valence-corrected chi connectivity index (χ2v) is 5.99. The minimum Gasteiger partial charge on any atom is -0.408 e. The first-order valence-electron chi connectivity index (χ1n) is 7.61. The summed E-state index contributed by atoms with van der Waals surface area (Å²) in [6.07, 6.45) is 0. The molecule has 0 aliphatic carbocycles. The van der Waals surface area contributed by atoms with E-state index in [1.807, 2.05) is 0 Å². The molecule has 0 saturated carbocycles. The average Bonchev–Trinajstić information content (AvgIpc) is 2.87. The number of carbonyl (C=O) groups is 2. The number of hydrogen-bond donors (Lipinski definition) is 1. The van der Waals surface area contributed by atoms with Crippen molar-refractivity contribution < 1.29 is 18.7 Å².